The van der Waals surface area contributed by atoms with Crippen molar-refractivity contribution >= 4 is 22.2 Å². The lowest BCUT2D eigenvalue weighted by molar-refractivity contribution is -0.0494. The van der Waals surface area contributed by atoms with E-state index in [0.717, 1.165) is 11.1 Å². The predicted octanol–water partition coefficient (Wildman–Crippen LogP) is 4.91. The summed E-state index contributed by atoms with van der Waals surface area (Å²) in [4.78, 5) is 0. The first kappa shape index (κ1) is 18.8. The number of halogens is 3. The molecule has 0 fully saturated rings. The van der Waals surface area contributed by atoms with Crippen LogP contribution in [-0.4, -0.2) is 13.9 Å². The molecule has 0 saturated carbocycles. The molecule has 2 rings (SSSR count). The van der Waals surface area contributed by atoms with Gasteiger partial charge in [0.25, 0.3) is 0 Å². The van der Waals surface area contributed by atoms with E-state index in [1.165, 1.54) is 0 Å². The number of hydrogen-bond acceptors (Lipinski definition) is 4. The van der Waals surface area contributed by atoms with Crippen molar-refractivity contribution in [3.8, 4) is 0 Å². The molecule has 0 amide bonds. The summed E-state index contributed by atoms with van der Waals surface area (Å²) in [5.41, 5.74) is -2.20. The van der Waals surface area contributed by atoms with E-state index in [4.69, 9.17) is 0 Å². The quantitative estimate of drug-likeness (QED) is 0.549. The van der Waals surface area contributed by atoms with Gasteiger partial charge in [-0.25, -0.2) is 0 Å². The van der Waals surface area contributed by atoms with E-state index in [0.29, 0.717) is 11.1 Å². The Kier molecular flexibility index (Phi) is 5.62. The second kappa shape index (κ2) is 7.16. The lowest BCUT2D eigenvalue weighted by Crippen LogP contribution is -2.23. The average molecular weight is 376 g/mol. The molecule has 0 spiro atoms. The van der Waals surface area contributed by atoms with E-state index >= 15 is 0 Å². The molecule has 0 atom stereocenters. The Morgan fingerprint density at radius 3 is 1.58 bits per heavy atom. The molecule has 24 heavy (non-hydrogen) atoms. The molecule has 3 nitrogen and oxygen atoms in total. The van der Waals surface area contributed by atoms with Gasteiger partial charge in [-0.15, -0.1) is 0 Å². The molecule has 2 aromatic rings. The van der Waals surface area contributed by atoms with Gasteiger partial charge in [-0.1, -0.05) is 59.7 Å². The third-order valence-corrected chi connectivity index (χ3v) is 5.60. The lowest BCUT2D eigenvalue weighted by atomic mass is 10.0. The highest BCUT2D eigenvalue weighted by atomic mass is 32.3. The average Bonchev–Trinajstić information content (AvgIpc) is 2.49. The molecule has 0 bridgehead atoms. The van der Waals surface area contributed by atoms with Crippen molar-refractivity contribution in [1.29, 1.82) is 0 Å². The number of hydrogen-bond donors (Lipinski definition) is 0. The van der Waals surface area contributed by atoms with Crippen molar-refractivity contribution in [2.45, 2.75) is 24.6 Å². The van der Waals surface area contributed by atoms with Crippen molar-refractivity contribution in [2.75, 3.05) is 0 Å². The summed E-state index contributed by atoms with van der Waals surface area (Å²) in [6.07, 6.45) is 0. The zero-order valence-corrected chi connectivity index (χ0v) is 14.5. The van der Waals surface area contributed by atoms with Gasteiger partial charge in [0, 0.05) is 12.0 Å². The fourth-order valence-corrected chi connectivity index (χ4v) is 3.49. The van der Waals surface area contributed by atoms with Crippen LogP contribution in [0, 0.1) is 13.8 Å². The molecule has 0 unspecified atom stereocenters. The van der Waals surface area contributed by atoms with Gasteiger partial charge in [0.2, 0.25) is 0 Å². The highest BCUT2D eigenvalue weighted by molar-refractivity contribution is 8.05. The van der Waals surface area contributed by atoms with Gasteiger partial charge in [-0.2, -0.15) is 25.2 Å². The lowest BCUT2D eigenvalue weighted by Gasteiger charge is -2.17. The van der Waals surface area contributed by atoms with E-state index in [2.05, 4.69) is 3.63 Å². The van der Waals surface area contributed by atoms with E-state index in [1.54, 1.807) is 48.5 Å². The maximum absolute atomic E-state index is 12.5. The second-order valence-corrected chi connectivity index (χ2v) is 7.84. The van der Waals surface area contributed by atoms with E-state index < -0.39 is 20.9 Å². The molecule has 0 aliphatic heterocycles. The molecule has 0 radical (unpaired) electrons. The van der Waals surface area contributed by atoms with Gasteiger partial charge in [0.1, 0.15) is 0 Å². The number of alkyl halides is 3. The Morgan fingerprint density at radius 1 is 0.875 bits per heavy atom. The maximum atomic E-state index is 12.5. The summed E-state index contributed by atoms with van der Waals surface area (Å²) >= 11 is 0.265. The summed E-state index contributed by atoms with van der Waals surface area (Å²) in [5, 5.41) is -0.705. The largest absolute Gasteiger partial charge is 0.524 e. The van der Waals surface area contributed by atoms with Crippen LogP contribution in [0.15, 0.2) is 48.5 Å². The first-order valence-electron chi connectivity index (χ1n) is 6.89. The van der Waals surface area contributed by atoms with Crippen LogP contribution in [0.4, 0.5) is 13.2 Å². The Hall–Kier alpha value is -1.51. The van der Waals surface area contributed by atoms with Crippen molar-refractivity contribution in [2.24, 2.45) is 0 Å². The minimum atomic E-state index is -5.66. The van der Waals surface area contributed by atoms with Gasteiger partial charge in [-0.3, -0.25) is 0 Å². The summed E-state index contributed by atoms with van der Waals surface area (Å²) < 4.78 is 63.9. The molecular formula is C16H15F3O3S2. The van der Waals surface area contributed by atoms with Crippen LogP contribution >= 0.6 is 12.0 Å². The standard InChI is InChI=1S/C16H15F3O3S2/c1-11-3-7-13(8-4-11)15(14-9-5-12(2)6-10-14)23-22-24(20,21)16(17,18)19/h3-10,15H,1-2H3. The summed E-state index contributed by atoms with van der Waals surface area (Å²) in [5.74, 6) is 0. The van der Waals surface area contributed by atoms with Crippen LogP contribution in [0.2, 0.25) is 0 Å². The van der Waals surface area contributed by atoms with Gasteiger partial charge >= 0.3 is 15.6 Å². The summed E-state index contributed by atoms with van der Waals surface area (Å²) in [6, 6.07) is 14.1. The molecule has 130 valence electrons. The third kappa shape index (κ3) is 4.52. The Balaban J connectivity index is 2.33. The second-order valence-electron chi connectivity index (χ2n) is 5.27. The fourth-order valence-electron chi connectivity index (χ4n) is 1.92. The van der Waals surface area contributed by atoms with E-state index in [9.17, 15) is 21.6 Å². The zero-order chi connectivity index (χ0) is 18.0. The molecular weight excluding hydrogens is 361 g/mol. The topological polar surface area (TPSA) is 43.4 Å². The van der Waals surface area contributed by atoms with Gasteiger partial charge in [-0.05, 0) is 25.0 Å². The summed E-state index contributed by atoms with van der Waals surface area (Å²) in [6.45, 7) is 3.75. The molecule has 0 heterocycles. The highest BCUT2D eigenvalue weighted by Crippen LogP contribution is 2.40. The first-order chi connectivity index (χ1) is 11.1. The van der Waals surface area contributed by atoms with Gasteiger partial charge in [0.05, 0.1) is 5.25 Å². The smallest absolute Gasteiger partial charge is 0.190 e. The van der Waals surface area contributed by atoms with E-state index in [1.807, 2.05) is 13.8 Å². The zero-order valence-electron chi connectivity index (χ0n) is 12.9. The van der Waals surface area contributed by atoms with Crippen molar-refractivity contribution in [3.05, 3.63) is 70.8 Å². The molecule has 0 aliphatic carbocycles. The van der Waals surface area contributed by atoms with Crippen molar-refractivity contribution < 1.29 is 25.2 Å². The van der Waals surface area contributed by atoms with E-state index in [-0.39, 0.29) is 12.0 Å². The third-order valence-electron chi connectivity index (χ3n) is 3.27. The molecule has 2 aromatic carbocycles. The van der Waals surface area contributed by atoms with Crippen LogP contribution in [0.25, 0.3) is 0 Å². The molecule has 0 N–H and O–H groups in total. The predicted molar refractivity (Wildman–Crippen MR) is 87.9 cm³/mol. The van der Waals surface area contributed by atoms with Gasteiger partial charge < -0.3 is 0 Å². The molecule has 0 aromatic heterocycles. The van der Waals surface area contributed by atoms with Gasteiger partial charge in [0.15, 0.2) is 0 Å². The fraction of sp³-hybridized carbons (Fsp3) is 0.250. The van der Waals surface area contributed by atoms with Crippen molar-refractivity contribution in [1.82, 2.24) is 0 Å². The van der Waals surface area contributed by atoms with Crippen LogP contribution < -0.4 is 0 Å². The van der Waals surface area contributed by atoms with Crippen LogP contribution in [0.3, 0.4) is 0 Å². The number of aryl methyl sites for hydroxylation is 2. The Labute approximate surface area is 143 Å². The SMILES string of the molecule is Cc1ccc(C(SOS(=O)(=O)C(F)(F)F)c2ccc(C)cc2)cc1. The molecule has 8 heteroatoms. The van der Waals surface area contributed by atoms with Crippen molar-refractivity contribution in [3.63, 3.8) is 0 Å². The van der Waals surface area contributed by atoms with Crippen LogP contribution in [-0.2, 0) is 13.7 Å². The Morgan fingerprint density at radius 2 is 1.25 bits per heavy atom. The number of benzene rings is 2. The maximum Gasteiger partial charge on any atom is 0.524 e. The highest BCUT2D eigenvalue weighted by Gasteiger charge is 2.48. The Bertz CT molecular complexity index is 737. The molecule has 0 saturated heterocycles. The minimum Gasteiger partial charge on any atom is -0.190 e. The molecule has 0 aliphatic rings. The van der Waals surface area contributed by atoms with Crippen LogP contribution in [0.1, 0.15) is 27.5 Å². The van der Waals surface area contributed by atoms with Crippen LogP contribution in [0.5, 0.6) is 0 Å². The monoisotopic (exact) mass is 376 g/mol. The normalized spacial score (nSPS) is 12.6. The number of rotatable bonds is 5. The first-order valence-corrected chi connectivity index (χ1v) is 9.11. The minimum absolute atomic E-state index is 0.265. The summed E-state index contributed by atoms with van der Waals surface area (Å²) in [7, 11) is -5.66.